The molecule has 0 aromatic heterocycles. The minimum atomic E-state index is -0.291. The van der Waals surface area contributed by atoms with E-state index in [1.54, 1.807) is 20.0 Å². The Kier molecular flexibility index (Phi) is 4.41. The number of para-hydroxylation sites is 1. The van der Waals surface area contributed by atoms with Gasteiger partial charge in [-0.3, -0.25) is 0 Å². The largest absolute Gasteiger partial charge is 0.463 e. The topological polar surface area (TPSA) is 38.3 Å². The van der Waals surface area contributed by atoms with Gasteiger partial charge in [-0.2, -0.15) is 0 Å². The molecule has 0 aliphatic heterocycles. The molecule has 0 atom stereocenters. The molecule has 0 saturated heterocycles. The van der Waals surface area contributed by atoms with E-state index >= 15 is 0 Å². The molecular formula is C12H15NO2. The van der Waals surface area contributed by atoms with Gasteiger partial charge in [0.2, 0.25) is 0 Å². The number of esters is 1. The zero-order valence-electron chi connectivity index (χ0n) is 8.99. The second-order valence-corrected chi connectivity index (χ2v) is 3.06. The number of hydrogen-bond acceptors (Lipinski definition) is 3. The number of hydrogen-bond donors (Lipinski definition) is 1. The van der Waals surface area contributed by atoms with Gasteiger partial charge in [0, 0.05) is 11.9 Å². The first-order chi connectivity index (χ1) is 7.24. The molecule has 0 unspecified atom stereocenters. The van der Waals surface area contributed by atoms with Gasteiger partial charge in [-0.1, -0.05) is 18.2 Å². The molecule has 0 saturated carbocycles. The summed E-state index contributed by atoms with van der Waals surface area (Å²) in [5, 5.41) is 3.02. The van der Waals surface area contributed by atoms with E-state index in [9.17, 15) is 4.79 Å². The summed E-state index contributed by atoms with van der Waals surface area (Å²) in [4.78, 5) is 11.2. The van der Waals surface area contributed by atoms with Crippen LogP contribution in [0.3, 0.4) is 0 Å². The number of anilines is 1. The van der Waals surface area contributed by atoms with Crippen molar-refractivity contribution >= 4 is 11.7 Å². The molecule has 15 heavy (non-hydrogen) atoms. The molecule has 0 amide bonds. The monoisotopic (exact) mass is 205 g/mol. The van der Waals surface area contributed by atoms with Crippen molar-refractivity contribution in [2.45, 2.75) is 13.8 Å². The number of rotatable bonds is 4. The van der Waals surface area contributed by atoms with Gasteiger partial charge in [0.1, 0.15) is 0 Å². The third-order valence-corrected chi connectivity index (χ3v) is 1.83. The van der Waals surface area contributed by atoms with Crippen molar-refractivity contribution in [2.24, 2.45) is 0 Å². The van der Waals surface area contributed by atoms with Gasteiger partial charge in [0.15, 0.2) is 0 Å². The predicted molar refractivity (Wildman–Crippen MR) is 60.5 cm³/mol. The summed E-state index contributed by atoms with van der Waals surface area (Å²) in [5.41, 5.74) is 1.50. The summed E-state index contributed by atoms with van der Waals surface area (Å²) in [6.45, 7) is 3.90. The van der Waals surface area contributed by atoms with Gasteiger partial charge >= 0.3 is 5.97 Å². The molecule has 80 valence electrons. The third kappa shape index (κ3) is 3.85. The van der Waals surface area contributed by atoms with Crippen molar-refractivity contribution in [1.82, 2.24) is 0 Å². The van der Waals surface area contributed by atoms with E-state index in [0.29, 0.717) is 12.2 Å². The molecule has 1 N–H and O–H groups in total. The summed E-state index contributed by atoms with van der Waals surface area (Å²) in [7, 11) is 0. The van der Waals surface area contributed by atoms with E-state index in [2.05, 4.69) is 5.32 Å². The lowest BCUT2D eigenvalue weighted by Gasteiger charge is -2.03. The molecular weight excluding hydrogens is 190 g/mol. The Balaban J connectivity index is 2.54. The van der Waals surface area contributed by atoms with E-state index in [0.717, 1.165) is 5.69 Å². The Bertz CT molecular complexity index is 344. The smallest absolute Gasteiger partial charge is 0.335 e. The molecule has 0 fully saturated rings. The molecule has 1 rings (SSSR count). The maximum atomic E-state index is 11.2. The van der Waals surface area contributed by atoms with Crippen molar-refractivity contribution in [3.8, 4) is 0 Å². The quantitative estimate of drug-likeness (QED) is 0.606. The highest BCUT2D eigenvalue weighted by atomic mass is 16.5. The highest BCUT2D eigenvalue weighted by Crippen LogP contribution is 2.06. The van der Waals surface area contributed by atoms with Crippen LogP contribution >= 0.6 is 0 Å². The van der Waals surface area contributed by atoms with E-state index in [4.69, 9.17) is 4.74 Å². The Labute approximate surface area is 89.8 Å². The minimum absolute atomic E-state index is 0.291. The maximum Gasteiger partial charge on any atom is 0.335 e. The average Bonchev–Trinajstić information content (AvgIpc) is 2.27. The first-order valence-corrected chi connectivity index (χ1v) is 4.89. The Morgan fingerprint density at radius 3 is 2.67 bits per heavy atom. The van der Waals surface area contributed by atoms with E-state index in [1.807, 2.05) is 30.3 Å². The molecule has 3 nitrogen and oxygen atoms in total. The first kappa shape index (κ1) is 11.3. The van der Waals surface area contributed by atoms with Crippen LogP contribution < -0.4 is 5.32 Å². The minimum Gasteiger partial charge on any atom is -0.463 e. The van der Waals surface area contributed by atoms with Crippen molar-refractivity contribution in [2.75, 3.05) is 11.9 Å². The maximum absolute atomic E-state index is 11.2. The third-order valence-electron chi connectivity index (χ3n) is 1.83. The molecule has 1 aromatic carbocycles. The summed E-state index contributed by atoms with van der Waals surface area (Å²) in [6, 6.07) is 9.64. The fourth-order valence-electron chi connectivity index (χ4n) is 1.03. The van der Waals surface area contributed by atoms with Crippen LogP contribution in [0.5, 0.6) is 0 Å². The van der Waals surface area contributed by atoms with Gasteiger partial charge in [0.05, 0.1) is 12.2 Å². The van der Waals surface area contributed by atoms with Gasteiger partial charge in [-0.05, 0) is 26.0 Å². The second kappa shape index (κ2) is 5.86. The first-order valence-electron chi connectivity index (χ1n) is 4.89. The lowest BCUT2D eigenvalue weighted by Crippen LogP contribution is -2.06. The standard InChI is InChI=1S/C12H15NO2/c1-3-15-12(14)10(2)9-13-11-7-5-4-6-8-11/h4-9,13H,3H2,1-2H3. The summed E-state index contributed by atoms with van der Waals surface area (Å²) in [5.74, 6) is -0.291. The fraction of sp³-hybridized carbons (Fsp3) is 0.250. The van der Waals surface area contributed by atoms with Crippen LogP contribution in [-0.4, -0.2) is 12.6 Å². The summed E-state index contributed by atoms with van der Waals surface area (Å²) in [6.07, 6.45) is 1.65. The van der Waals surface area contributed by atoms with Crippen LogP contribution in [0.1, 0.15) is 13.8 Å². The molecule has 0 spiro atoms. The van der Waals surface area contributed by atoms with Crippen molar-refractivity contribution in [3.63, 3.8) is 0 Å². The predicted octanol–water partition coefficient (Wildman–Crippen LogP) is 2.57. The SMILES string of the molecule is CCOC(=O)C(C)=CNc1ccccc1. The lowest BCUT2D eigenvalue weighted by molar-refractivity contribution is -0.138. The van der Waals surface area contributed by atoms with Gasteiger partial charge < -0.3 is 10.1 Å². The van der Waals surface area contributed by atoms with E-state index < -0.39 is 0 Å². The Hall–Kier alpha value is -1.77. The lowest BCUT2D eigenvalue weighted by atomic mass is 10.3. The normalized spacial score (nSPS) is 10.9. The van der Waals surface area contributed by atoms with Crippen molar-refractivity contribution in [3.05, 3.63) is 42.1 Å². The van der Waals surface area contributed by atoms with Gasteiger partial charge in [-0.25, -0.2) is 4.79 Å². The zero-order valence-corrected chi connectivity index (χ0v) is 8.99. The van der Waals surface area contributed by atoms with Crippen molar-refractivity contribution in [1.29, 1.82) is 0 Å². The van der Waals surface area contributed by atoms with Crippen molar-refractivity contribution < 1.29 is 9.53 Å². The Morgan fingerprint density at radius 1 is 1.40 bits per heavy atom. The van der Waals surface area contributed by atoms with Crippen LogP contribution in [-0.2, 0) is 9.53 Å². The molecule has 1 aromatic rings. The number of carbonyl (C=O) groups is 1. The van der Waals surface area contributed by atoms with Crippen LogP contribution in [0.25, 0.3) is 0 Å². The molecule has 0 aliphatic rings. The number of benzene rings is 1. The van der Waals surface area contributed by atoms with Crippen LogP contribution in [0, 0.1) is 0 Å². The molecule has 0 bridgehead atoms. The molecule has 3 heteroatoms. The molecule has 0 aliphatic carbocycles. The van der Waals surface area contributed by atoms with E-state index in [1.165, 1.54) is 0 Å². The van der Waals surface area contributed by atoms with Crippen LogP contribution in [0.15, 0.2) is 42.1 Å². The summed E-state index contributed by atoms with van der Waals surface area (Å²) < 4.78 is 4.84. The van der Waals surface area contributed by atoms with Crippen LogP contribution in [0.2, 0.25) is 0 Å². The van der Waals surface area contributed by atoms with Crippen LogP contribution in [0.4, 0.5) is 5.69 Å². The Morgan fingerprint density at radius 2 is 2.07 bits per heavy atom. The average molecular weight is 205 g/mol. The van der Waals surface area contributed by atoms with Gasteiger partial charge in [0.25, 0.3) is 0 Å². The summed E-state index contributed by atoms with van der Waals surface area (Å²) >= 11 is 0. The molecule has 0 heterocycles. The zero-order chi connectivity index (χ0) is 11.1. The number of ether oxygens (including phenoxy) is 1. The molecule has 0 radical (unpaired) electrons. The number of carbonyl (C=O) groups excluding carboxylic acids is 1. The highest BCUT2D eigenvalue weighted by Gasteiger charge is 2.02. The second-order valence-electron chi connectivity index (χ2n) is 3.06. The number of nitrogens with one attached hydrogen (secondary N) is 1. The van der Waals surface area contributed by atoms with E-state index in [-0.39, 0.29) is 5.97 Å². The highest BCUT2D eigenvalue weighted by molar-refractivity contribution is 5.88. The fourth-order valence-corrected chi connectivity index (χ4v) is 1.03. The van der Waals surface area contributed by atoms with Gasteiger partial charge in [-0.15, -0.1) is 0 Å².